The van der Waals surface area contributed by atoms with Crippen LogP contribution in [0.2, 0.25) is 0 Å². The zero-order valence-corrected chi connectivity index (χ0v) is 14.5. The van der Waals surface area contributed by atoms with Crippen molar-refractivity contribution in [1.82, 2.24) is 0 Å². The van der Waals surface area contributed by atoms with Gasteiger partial charge in [-0.2, -0.15) is 0 Å². The third-order valence-corrected chi connectivity index (χ3v) is 5.46. The molecule has 1 N–H and O–H groups in total. The molecule has 3 atom stereocenters. The smallest absolute Gasteiger partial charge is 0.306 e. The van der Waals surface area contributed by atoms with Crippen LogP contribution in [-0.2, 0) is 14.3 Å². The first-order chi connectivity index (χ1) is 10.6. The van der Waals surface area contributed by atoms with Crippen LogP contribution in [0.4, 0.5) is 5.69 Å². The van der Waals surface area contributed by atoms with E-state index in [4.69, 9.17) is 4.74 Å². The minimum absolute atomic E-state index is 0.203. The molecular weight excluding hydrogens is 393 g/mol. The minimum atomic E-state index is -0.289. The molecule has 1 amide bonds. The van der Waals surface area contributed by atoms with E-state index < -0.39 is 0 Å². The largest absolute Gasteiger partial charge is 0.456 e. The molecule has 1 aromatic rings. The number of halogens is 1. The Morgan fingerprint density at radius 3 is 2.82 bits per heavy atom. The van der Waals surface area contributed by atoms with Gasteiger partial charge in [0.25, 0.3) is 5.91 Å². The second-order valence-electron chi connectivity index (χ2n) is 6.36. The summed E-state index contributed by atoms with van der Waals surface area (Å²) in [5.41, 5.74) is 0.723. The molecule has 5 heteroatoms. The van der Waals surface area contributed by atoms with Gasteiger partial charge in [0.05, 0.1) is 0 Å². The van der Waals surface area contributed by atoms with Crippen LogP contribution >= 0.6 is 22.6 Å². The molecule has 4 nitrogen and oxygen atoms in total. The molecule has 2 aliphatic rings. The van der Waals surface area contributed by atoms with Gasteiger partial charge in [-0.05, 0) is 77.8 Å². The summed E-state index contributed by atoms with van der Waals surface area (Å²) in [4.78, 5) is 23.7. The molecule has 3 rings (SSSR count). The third-order valence-electron chi connectivity index (χ3n) is 4.79. The van der Waals surface area contributed by atoms with Crippen LogP contribution in [0, 0.1) is 21.3 Å². The highest BCUT2D eigenvalue weighted by Crippen LogP contribution is 2.49. The Morgan fingerprint density at radius 2 is 2.14 bits per heavy atom. The average Bonchev–Trinajstić information content (AvgIpc) is 3.08. The van der Waals surface area contributed by atoms with Gasteiger partial charge in [-0.15, -0.1) is 0 Å². The van der Waals surface area contributed by atoms with E-state index in [0.717, 1.165) is 21.6 Å². The van der Waals surface area contributed by atoms with Crippen LogP contribution < -0.4 is 5.32 Å². The van der Waals surface area contributed by atoms with Crippen molar-refractivity contribution in [3.8, 4) is 0 Å². The van der Waals surface area contributed by atoms with Gasteiger partial charge >= 0.3 is 5.97 Å². The van der Waals surface area contributed by atoms with Gasteiger partial charge in [-0.25, -0.2) is 0 Å². The number of hydrogen-bond acceptors (Lipinski definition) is 3. The maximum absolute atomic E-state index is 11.9. The summed E-state index contributed by atoms with van der Waals surface area (Å²) in [6, 6.07) is 7.51. The molecular formula is C17H20INO3. The molecule has 2 aliphatic carbocycles. The molecule has 22 heavy (non-hydrogen) atoms. The number of hydrogen-bond donors (Lipinski definition) is 1. The Kier molecular flexibility index (Phi) is 5.00. The monoisotopic (exact) mass is 413 g/mol. The minimum Gasteiger partial charge on any atom is -0.456 e. The Balaban J connectivity index is 1.40. The summed E-state index contributed by atoms with van der Waals surface area (Å²) >= 11 is 2.18. The van der Waals surface area contributed by atoms with Crippen LogP contribution in [-0.4, -0.2) is 18.5 Å². The van der Waals surface area contributed by atoms with E-state index in [9.17, 15) is 9.59 Å². The van der Waals surface area contributed by atoms with E-state index in [1.165, 1.54) is 19.3 Å². The Morgan fingerprint density at radius 1 is 1.27 bits per heavy atom. The number of fused-ring (bicyclic) bond motifs is 2. The predicted octanol–water partition coefficient (Wildman–Crippen LogP) is 3.60. The lowest BCUT2D eigenvalue weighted by atomic mass is 9.86. The normalized spacial score (nSPS) is 26.0. The van der Waals surface area contributed by atoms with Crippen molar-refractivity contribution in [1.29, 1.82) is 0 Å². The number of rotatable bonds is 5. The van der Waals surface area contributed by atoms with Crippen LogP contribution in [0.5, 0.6) is 0 Å². The number of esters is 1. The van der Waals surface area contributed by atoms with Crippen molar-refractivity contribution in [2.75, 3.05) is 11.9 Å². The molecule has 0 aliphatic heterocycles. The predicted molar refractivity (Wildman–Crippen MR) is 92.3 cm³/mol. The van der Waals surface area contributed by atoms with Gasteiger partial charge in [-0.1, -0.05) is 12.5 Å². The molecule has 0 radical (unpaired) electrons. The lowest BCUT2D eigenvalue weighted by molar-refractivity contribution is -0.148. The van der Waals surface area contributed by atoms with Gasteiger partial charge in [0.1, 0.15) is 0 Å². The van der Waals surface area contributed by atoms with E-state index in [1.54, 1.807) is 0 Å². The quantitative estimate of drug-likeness (QED) is 0.593. The fourth-order valence-corrected chi connectivity index (χ4v) is 4.35. The van der Waals surface area contributed by atoms with Crippen molar-refractivity contribution >= 4 is 40.2 Å². The molecule has 3 unspecified atom stereocenters. The molecule has 2 saturated carbocycles. The molecule has 0 saturated heterocycles. The SMILES string of the molecule is O=C(COC(=O)CC1CC2CCC1C2)Nc1cccc(I)c1. The Labute approximate surface area is 144 Å². The maximum atomic E-state index is 11.9. The molecule has 2 fully saturated rings. The van der Waals surface area contributed by atoms with Crippen molar-refractivity contribution in [3.63, 3.8) is 0 Å². The van der Waals surface area contributed by atoms with E-state index >= 15 is 0 Å². The maximum Gasteiger partial charge on any atom is 0.306 e. The molecule has 0 spiro atoms. The Bertz CT molecular complexity index is 575. The zero-order valence-electron chi connectivity index (χ0n) is 12.4. The molecule has 1 aromatic carbocycles. The summed E-state index contributed by atoms with van der Waals surface area (Å²) in [6.07, 6.45) is 5.50. The lowest BCUT2D eigenvalue weighted by Crippen LogP contribution is -2.23. The molecule has 2 bridgehead atoms. The van der Waals surface area contributed by atoms with Gasteiger partial charge in [0, 0.05) is 15.7 Å². The molecule has 0 aromatic heterocycles. The van der Waals surface area contributed by atoms with E-state index in [-0.39, 0.29) is 18.5 Å². The standard InChI is InChI=1S/C17H20INO3/c18-14-2-1-3-15(9-14)19-16(20)10-22-17(21)8-13-7-11-4-5-12(13)6-11/h1-3,9,11-13H,4-8,10H2,(H,19,20). The van der Waals surface area contributed by atoms with Gasteiger partial charge < -0.3 is 10.1 Å². The average molecular weight is 413 g/mol. The summed E-state index contributed by atoms with van der Waals surface area (Å²) in [5, 5.41) is 2.74. The van der Waals surface area contributed by atoms with Gasteiger partial charge in [0.2, 0.25) is 0 Å². The Hall–Kier alpha value is -1.11. The van der Waals surface area contributed by atoms with Gasteiger partial charge in [-0.3, -0.25) is 9.59 Å². The summed E-state index contributed by atoms with van der Waals surface area (Å²) in [5.74, 6) is 1.48. The highest BCUT2D eigenvalue weighted by atomic mass is 127. The van der Waals surface area contributed by atoms with Crippen molar-refractivity contribution in [3.05, 3.63) is 27.8 Å². The van der Waals surface area contributed by atoms with Crippen LogP contribution in [0.25, 0.3) is 0 Å². The first-order valence-electron chi connectivity index (χ1n) is 7.81. The summed E-state index contributed by atoms with van der Waals surface area (Å²) < 4.78 is 6.17. The number of ether oxygens (including phenoxy) is 1. The number of anilines is 1. The van der Waals surface area contributed by atoms with E-state index in [2.05, 4.69) is 27.9 Å². The second kappa shape index (κ2) is 6.98. The first-order valence-corrected chi connectivity index (χ1v) is 8.89. The number of amides is 1. The second-order valence-corrected chi connectivity index (χ2v) is 7.60. The van der Waals surface area contributed by atoms with E-state index in [1.807, 2.05) is 24.3 Å². The number of carbonyl (C=O) groups excluding carboxylic acids is 2. The number of benzene rings is 1. The fourth-order valence-electron chi connectivity index (χ4n) is 3.81. The fraction of sp³-hybridized carbons (Fsp3) is 0.529. The summed E-state index contributed by atoms with van der Waals surface area (Å²) in [6.45, 7) is -0.203. The lowest BCUT2D eigenvalue weighted by Gasteiger charge is -2.20. The molecule has 118 valence electrons. The zero-order chi connectivity index (χ0) is 15.5. The molecule has 0 heterocycles. The third kappa shape index (κ3) is 4.00. The number of carbonyl (C=O) groups is 2. The van der Waals surface area contributed by atoms with Crippen LogP contribution in [0.1, 0.15) is 32.1 Å². The topological polar surface area (TPSA) is 55.4 Å². The van der Waals surface area contributed by atoms with Crippen molar-refractivity contribution in [2.45, 2.75) is 32.1 Å². The van der Waals surface area contributed by atoms with Crippen LogP contribution in [0.15, 0.2) is 24.3 Å². The summed E-state index contributed by atoms with van der Waals surface area (Å²) in [7, 11) is 0. The van der Waals surface area contributed by atoms with E-state index in [0.29, 0.717) is 18.3 Å². The van der Waals surface area contributed by atoms with Crippen molar-refractivity contribution < 1.29 is 14.3 Å². The highest BCUT2D eigenvalue weighted by molar-refractivity contribution is 14.1. The van der Waals surface area contributed by atoms with Gasteiger partial charge in [0.15, 0.2) is 6.61 Å². The van der Waals surface area contributed by atoms with Crippen LogP contribution in [0.3, 0.4) is 0 Å². The van der Waals surface area contributed by atoms with Crippen molar-refractivity contribution in [2.24, 2.45) is 17.8 Å². The number of nitrogens with one attached hydrogen (secondary N) is 1. The highest BCUT2D eigenvalue weighted by Gasteiger charge is 2.40. The first kappa shape index (κ1) is 15.8.